The predicted molar refractivity (Wildman–Crippen MR) is 63.7 cm³/mol. The third-order valence-corrected chi connectivity index (χ3v) is 2.27. The Kier molecular flexibility index (Phi) is 5.19. The molecule has 1 amide bonds. The van der Waals surface area contributed by atoms with E-state index in [4.69, 9.17) is 5.73 Å². The second kappa shape index (κ2) is 6.65. The van der Waals surface area contributed by atoms with Crippen LogP contribution in [0, 0.1) is 15.9 Å². The third kappa shape index (κ3) is 4.10. The van der Waals surface area contributed by atoms with Crippen molar-refractivity contribution in [2.75, 3.05) is 13.1 Å². The van der Waals surface area contributed by atoms with Crippen LogP contribution in [-0.2, 0) is 0 Å². The zero-order valence-electron chi connectivity index (χ0n) is 9.69. The smallest absolute Gasteiger partial charge is 0.273 e. The lowest BCUT2D eigenvalue weighted by molar-refractivity contribution is -0.385. The number of nitro benzene ring substituents is 1. The van der Waals surface area contributed by atoms with Gasteiger partial charge in [-0.05, 0) is 25.5 Å². The monoisotopic (exact) mass is 255 g/mol. The number of benzene rings is 1. The average molecular weight is 255 g/mol. The number of amides is 1. The second-order valence-electron chi connectivity index (χ2n) is 3.71. The number of nitrogens with one attached hydrogen (secondary N) is 1. The molecule has 0 spiro atoms. The molecule has 0 radical (unpaired) electrons. The first kappa shape index (κ1) is 14.0. The molecule has 98 valence electrons. The van der Waals surface area contributed by atoms with E-state index in [1.54, 1.807) is 0 Å². The van der Waals surface area contributed by atoms with Gasteiger partial charge in [-0.15, -0.1) is 0 Å². The number of halogens is 1. The van der Waals surface area contributed by atoms with E-state index in [-0.39, 0.29) is 5.56 Å². The van der Waals surface area contributed by atoms with Crippen LogP contribution < -0.4 is 11.1 Å². The lowest BCUT2D eigenvalue weighted by Crippen LogP contribution is -2.25. The molecule has 1 rings (SSSR count). The Morgan fingerprint density at radius 3 is 2.72 bits per heavy atom. The van der Waals surface area contributed by atoms with Crippen LogP contribution in [0.2, 0.25) is 0 Å². The zero-order chi connectivity index (χ0) is 13.5. The summed E-state index contributed by atoms with van der Waals surface area (Å²) in [6, 6.07) is 2.78. The van der Waals surface area contributed by atoms with Crippen LogP contribution in [0.5, 0.6) is 0 Å². The summed E-state index contributed by atoms with van der Waals surface area (Å²) < 4.78 is 13.1. The van der Waals surface area contributed by atoms with Gasteiger partial charge in [0.2, 0.25) is 0 Å². The highest BCUT2D eigenvalue weighted by Crippen LogP contribution is 2.16. The highest BCUT2D eigenvalue weighted by Gasteiger charge is 2.14. The molecular formula is C11H14FN3O3. The second-order valence-corrected chi connectivity index (χ2v) is 3.71. The molecule has 0 unspecified atom stereocenters. The van der Waals surface area contributed by atoms with E-state index >= 15 is 0 Å². The Morgan fingerprint density at radius 1 is 1.39 bits per heavy atom. The van der Waals surface area contributed by atoms with Gasteiger partial charge in [0, 0.05) is 18.2 Å². The SMILES string of the molecule is NCCCCNC(=O)c1cc(F)cc([N+](=O)[O-])c1. The highest BCUT2D eigenvalue weighted by atomic mass is 19.1. The van der Waals surface area contributed by atoms with Crippen molar-refractivity contribution < 1.29 is 14.1 Å². The Labute approximate surface area is 103 Å². The van der Waals surface area contributed by atoms with E-state index < -0.39 is 22.3 Å². The van der Waals surface area contributed by atoms with Crippen molar-refractivity contribution in [1.29, 1.82) is 0 Å². The number of nitro groups is 1. The summed E-state index contributed by atoms with van der Waals surface area (Å²) in [5.74, 6) is -1.34. The van der Waals surface area contributed by atoms with E-state index in [0.29, 0.717) is 19.5 Å². The molecule has 0 bridgehead atoms. The van der Waals surface area contributed by atoms with Gasteiger partial charge in [0.25, 0.3) is 11.6 Å². The van der Waals surface area contributed by atoms with Crippen LogP contribution in [0.1, 0.15) is 23.2 Å². The summed E-state index contributed by atoms with van der Waals surface area (Å²) in [6.45, 7) is 0.932. The largest absolute Gasteiger partial charge is 0.352 e. The molecule has 0 aliphatic carbocycles. The molecule has 0 heterocycles. The Bertz CT molecular complexity index is 451. The fraction of sp³-hybridized carbons (Fsp3) is 0.364. The molecule has 7 heteroatoms. The molecular weight excluding hydrogens is 241 g/mol. The van der Waals surface area contributed by atoms with Gasteiger partial charge in [-0.1, -0.05) is 0 Å². The van der Waals surface area contributed by atoms with Gasteiger partial charge in [-0.25, -0.2) is 4.39 Å². The number of carbonyl (C=O) groups is 1. The lowest BCUT2D eigenvalue weighted by Gasteiger charge is -2.04. The molecule has 0 saturated carbocycles. The fourth-order valence-corrected chi connectivity index (χ4v) is 1.38. The van der Waals surface area contributed by atoms with Crippen LogP contribution in [0.15, 0.2) is 18.2 Å². The van der Waals surface area contributed by atoms with E-state index in [1.165, 1.54) is 0 Å². The molecule has 1 aromatic rings. The molecule has 0 atom stereocenters. The van der Waals surface area contributed by atoms with Gasteiger partial charge < -0.3 is 11.1 Å². The molecule has 0 aliphatic heterocycles. The van der Waals surface area contributed by atoms with Crippen molar-refractivity contribution in [3.8, 4) is 0 Å². The van der Waals surface area contributed by atoms with Crippen LogP contribution in [0.4, 0.5) is 10.1 Å². The fourth-order valence-electron chi connectivity index (χ4n) is 1.38. The zero-order valence-corrected chi connectivity index (χ0v) is 9.69. The van der Waals surface area contributed by atoms with E-state index in [2.05, 4.69) is 5.32 Å². The Morgan fingerprint density at radius 2 is 2.11 bits per heavy atom. The molecule has 1 aromatic carbocycles. The maximum absolute atomic E-state index is 13.1. The Hall–Kier alpha value is -2.02. The summed E-state index contributed by atoms with van der Waals surface area (Å²) >= 11 is 0. The number of nitrogens with two attached hydrogens (primary N) is 1. The van der Waals surface area contributed by atoms with Crippen molar-refractivity contribution >= 4 is 11.6 Å². The number of carbonyl (C=O) groups excluding carboxylic acids is 1. The maximum atomic E-state index is 13.1. The van der Waals surface area contributed by atoms with Crippen molar-refractivity contribution in [1.82, 2.24) is 5.32 Å². The number of nitrogens with zero attached hydrogens (tertiary/aromatic N) is 1. The number of hydrogen-bond donors (Lipinski definition) is 2. The predicted octanol–water partition coefficient (Wildman–Crippen LogP) is 1.20. The minimum atomic E-state index is -0.809. The lowest BCUT2D eigenvalue weighted by atomic mass is 10.2. The quantitative estimate of drug-likeness (QED) is 0.453. The van der Waals surface area contributed by atoms with E-state index in [9.17, 15) is 19.3 Å². The minimum absolute atomic E-state index is 0.0607. The molecule has 0 fully saturated rings. The minimum Gasteiger partial charge on any atom is -0.352 e. The van der Waals surface area contributed by atoms with Crippen molar-refractivity contribution in [2.24, 2.45) is 5.73 Å². The summed E-state index contributed by atoms with van der Waals surface area (Å²) in [7, 11) is 0. The summed E-state index contributed by atoms with van der Waals surface area (Å²) in [4.78, 5) is 21.4. The first-order valence-electron chi connectivity index (χ1n) is 5.48. The molecule has 3 N–H and O–H groups in total. The van der Waals surface area contributed by atoms with Crippen molar-refractivity contribution in [3.63, 3.8) is 0 Å². The van der Waals surface area contributed by atoms with Gasteiger partial charge in [-0.3, -0.25) is 14.9 Å². The molecule has 0 aromatic heterocycles. The first-order chi connectivity index (χ1) is 8.54. The number of hydrogen-bond acceptors (Lipinski definition) is 4. The van der Waals surface area contributed by atoms with Crippen LogP contribution >= 0.6 is 0 Å². The first-order valence-corrected chi connectivity index (χ1v) is 5.48. The molecule has 18 heavy (non-hydrogen) atoms. The van der Waals surface area contributed by atoms with Gasteiger partial charge >= 0.3 is 0 Å². The van der Waals surface area contributed by atoms with Gasteiger partial charge in [0.05, 0.1) is 11.0 Å². The van der Waals surface area contributed by atoms with Gasteiger partial charge in [0.1, 0.15) is 5.82 Å². The molecule has 0 saturated heterocycles. The number of rotatable bonds is 6. The summed E-state index contributed by atoms with van der Waals surface area (Å²) in [5.41, 5.74) is 4.79. The van der Waals surface area contributed by atoms with Crippen molar-refractivity contribution in [3.05, 3.63) is 39.7 Å². The summed E-state index contributed by atoms with van der Waals surface area (Å²) in [5, 5.41) is 13.1. The topological polar surface area (TPSA) is 98.3 Å². The standard InChI is InChI=1S/C11H14FN3O3/c12-9-5-8(6-10(7-9)15(17)18)11(16)14-4-2-1-3-13/h5-7H,1-4,13H2,(H,14,16). The summed E-state index contributed by atoms with van der Waals surface area (Å²) in [6.07, 6.45) is 1.48. The number of unbranched alkanes of at least 4 members (excludes halogenated alkanes) is 1. The average Bonchev–Trinajstić information content (AvgIpc) is 2.33. The van der Waals surface area contributed by atoms with Gasteiger partial charge in [0.15, 0.2) is 0 Å². The van der Waals surface area contributed by atoms with Crippen LogP contribution in [0.25, 0.3) is 0 Å². The number of non-ortho nitro benzene ring substituents is 1. The normalized spacial score (nSPS) is 10.1. The molecule has 0 aliphatic rings. The van der Waals surface area contributed by atoms with E-state index in [1.807, 2.05) is 0 Å². The Balaban J connectivity index is 2.70. The van der Waals surface area contributed by atoms with E-state index in [0.717, 1.165) is 24.6 Å². The van der Waals surface area contributed by atoms with Crippen molar-refractivity contribution in [2.45, 2.75) is 12.8 Å². The highest BCUT2D eigenvalue weighted by molar-refractivity contribution is 5.94. The molecule has 6 nitrogen and oxygen atoms in total. The van der Waals surface area contributed by atoms with Crippen LogP contribution in [0.3, 0.4) is 0 Å². The third-order valence-electron chi connectivity index (χ3n) is 2.27. The van der Waals surface area contributed by atoms with Gasteiger partial charge in [-0.2, -0.15) is 0 Å². The maximum Gasteiger partial charge on any atom is 0.273 e. The van der Waals surface area contributed by atoms with Crippen LogP contribution in [-0.4, -0.2) is 23.9 Å².